The van der Waals surface area contributed by atoms with E-state index in [2.05, 4.69) is 19.9 Å². The number of hydrogen-bond donors (Lipinski definition) is 0. The van der Waals surface area contributed by atoms with E-state index in [9.17, 15) is 18.0 Å². The quantitative estimate of drug-likeness (QED) is 0.459. The van der Waals surface area contributed by atoms with Crippen molar-refractivity contribution in [2.75, 3.05) is 32.9 Å². The first-order chi connectivity index (χ1) is 16.4. The molecular weight excluding hydrogens is 453 g/mol. The molecule has 4 heterocycles. The summed E-state index contributed by atoms with van der Waals surface area (Å²) in [7, 11) is 0. The lowest BCUT2D eigenvalue weighted by atomic mass is 9.98. The smallest absolute Gasteiger partial charge is 0.437 e. The first-order valence-electron chi connectivity index (χ1n) is 11.1. The lowest BCUT2D eigenvalue weighted by Crippen LogP contribution is -2.42. The number of fused-ring (bicyclic) bond motifs is 1. The minimum atomic E-state index is -4.60. The number of imidazole rings is 1. The number of ether oxygens (including phenoxy) is 2. The van der Waals surface area contributed by atoms with E-state index in [1.54, 1.807) is 11.2 Å². The second-order valence-corrected chi connectivity index (χ2v) is 7.96. The number of pyridine rings is 1. The average Bonchev–Trinajstić information content (AvgIpc) is 3.24. The summed E-state index contributed by atoms with van der Waals surface area (Å²) in [5.41, 5.74) is 0.0624. The van der Waals surface area contributed by atoms with Crippen LogP contribution in [0, 0.1) is 5.92 Å². The maximum Gasteiger partial charge on any atom is 0.437 e. The van der Waals surface area contributed by atoms with Crippen LogP contribution in [0.1, 0.15) is 35.9 Å². The van der Waals surface area contributed by atoms with Crippen molar-refractivity contribution in [2.24, 2.45) is 5.92 Å². The number of nitrogens with zero attached hydrogens (tertiary/aromatic N) is 6. The van der Waals surface area contributed by atoms with Crippen molar-refractivity contribution in [1.82, 2.24) is 29.4 Å². The zero-order valence-corrected chi connectivity index (χ0v) is 18.7. The van der Waals surface area contributed by atoms with E-state index in [1.165, 1.54) is 18.3 Å². The average molecular weight is 478 g/mol. The molecular formula is C22H25F3N6O3. The minimum Gasteiger partial charge on any atom is -0.491 e. The number of amides is 1. The highest BCUT2D eigenvalue weighted by Gasteiger charge is 2.36. The van der Waals surface area contributed by atoms with Gasteiger partial charge >= 0.3 is 6.18 Å². The van der Waals surface area contributed by atoms with E-state index in [0.29, 0.717) is 50.6 Å². The third-order valence-corrected chi connectivity index (χ3v) is 5.55. The number of carbonyl (C=O) groups is 1. The van der Waals surface area contributed by atoms with E-state index in [4.69, 9.17) is 9.47 Å². The number of rotatable bonds is 8. The number of piperidine rings is 1. The number of aromatic nitrogens is 5. The minimum absolute atomic E-state index is 0.0491. The number of alkyl halides is 3. The molecule has 1 aliphatic heterocycles. The summed E-state index contributed by atoms with van der Waals surface area (Å²) in [5.74, 6) is -0.719. The van der Waals surface area contributed by atoms with Crippen LogP contribution in [0.25, 0.3) is 11.3 Å². The molecule has 0 aliphatic carbocycles. The van der Waals surface area contributed by atoms with Gasteiger partial charge in [-0.2, -0.15) is 13.2 Å². The van der Waals surface area contributed by atoms with Crippen LogP contribution in [0.15, 0.2) is 30.9 Å². The lowest BCUT2D eigenvalue weighted by molar-refractivity contribution is -0.142. The summed E-state index contributed by atoms with van der Waals surface area (Å²) < 4.78 is 52.0. The van der Waals surface area contributed by atoms with Crippen LogP contribution in [0.2, 0.25) is 0 Å². The van der Waals surface area contributed by atoms with Gasteiger partial charge in [0.2, 0.25) is 0 Å². The second kappa shape index (κ2) is 10.3. The fourth-order valence-corrected chi connectivity index (χ4v) is 3.89. The van der Waals surface area contributed by atoms with Gasteiger partial charge in [0, 0.05) is 38.4 Å². The van der Waals surface area contributed by atoms with Gasteiger partial charge in [-0.15, -0.1) is 0 Å². The molecule has 0 bridgehead atoms. The lowest BCUT2D eigenvalue weighted by Gasteiger charge is -2.32. The number of carbonyl (C=O) groups excluding carboxylic acids is 1. The summed E-state index contributed by atoms with van der Waals surface area (Å²) in [6, 6.07) is 2.65. The zero-order chi connectivity index (χ0) is 24.1. The van der Waals surface area contributed by atoms with Crippen molar-refractivity contribution < 1.29 is 27.4 Å². The van der Waals surface area contributed by atoms with Crippen LogP contribution in [0.3, 0.4) is 0 Å². The Morgan fingerprint density at radius 1 is 1.26 bits per heavy atom. The number of hydrogen-bond acceptors (Lipinski definition) is 7. The third-order valence-electron chi connectivity index (χ3n) is 5.55. The van der Waals surface area contributed by atoms with Crippen molar-refractivity contribution in [1.29, 1.82) is 0 Å². The molecule has 9 nitrogen and oxygen atoms in total. The molecule has 3 aromatic heterocycles. The molecule has 0 radical (unpaired) electrons. The molecule has 0 aromatic carbocycles. The van der Waals surface area contributed by atoms with Crippen LogP contribution in [0.4, 0.5) is 13.2 Å². The second-order valence-electron chi connectivity index (χ2n) is 7.96. The number of halogens is 3. The molecule has 12 heteroatoms. The summed E-state index contributed by atoms with van der Waals surface area (Å²) >= 11 is 0. The largest absolute Gasteiger partial charge is 0.491 e. The number of likely N-dealkylation sites (tertiary alicyclic amines) is 1. The molecule has 0 N–H and O–H groups in total. The Kier molecular flexibility index (Phi) is 7.25. The van der Waals surface area contributed by atoms with Crippen molar-refractivity contribution >= 4 is 17.2 Å². The maximum absolute atomic E-state index is 13.1. The Morgan fingerprint density at radius 3 is 2.91 bits per heavy atom. The molecule has 1 amide bonds. The van der Waals surface area contributed by atoms with Crippen LogP contribution in [-0.2, 0) is 17.5 Å². The third kappa shape index (κ3) is 5.44. The summed E-state index contributed by atoms with van der Waals surface area (Å²) in [6.07, 6.45) is 0.963. The molecule has 0 spiro atoms. The van der Waals surface area contributed by atoms with E-state index in [-0.39, 0.29) is 29.9 Å². The Labute approximate surface area is 193 Å². The van der Waals surface area contributed by atoms with E-state index in [1.807, 2.05) is 11.5 Å². The Balaban J connectivity index is 1.39. The highest BCUT2D eigenvalue weighted by atomic mass is 19.4. The molecule has 1 aliphatic rings. The fourth-order valence-electron chi connectivity index (χ4n) is 3.89. The Bertz CT molecular complexity index is 1140. The highest BCUT2D eigenvalue weighted by molar-refractivity contribution is 5.93. The zero-order valence-electron chi connectivity index (χ0n) is 18.7. The summed E-state index contributed by atoms with van der Waals surface area (Å²) in [4.78, 5) is 31.0. The van der Waals surface area contributed by atoms with Crippen LogP contribution in [-0.4, -0.2) is 68.2 Å². The molecule has 3 aromatic rings. The van der Waals surface area contributed by atoms with Gasteiger partial charge in [-0.1, -0.05) is 0 Å². The molecule has 34 heavy (non-hydrogen) atoms. The Morgan fingerprint density at radius 2 is 2.12 bits per heavy atom. The molecule has 4 rings (SSSR count). The van der Waals surface area contributed by atoms with E-state index in [0.717, 1.165) is 12.6 Å². The van der Waals surface area contributed by atoms with Crippen LogP contribution < -0.4 is 4.74 Å². The first-order valence-corrected chi connectivity index (χ1v) is 11.1. The molecule has 182 valence electrons. The molecule has 1 unspecified atom stereocenters. The molecule has 1 fully saturated rings. The van der Waals surface area contributed by atoms with Gasteiger partial charge in [-0.05, 0) is 31.9 Å². The Hall–Kier alpha value is -3.28. The van der Waals surface area contributed by atoms with Crippen molar-refractivity contribution in [3.63, 3.8) is 0 Å². The fraction of sp³-hybridized carbons (Fsp3) is 0.500. The van der Waals surface area contributed by atoms with Crippen molar-refractivity contribution in [2.45, 2.75) is 32.5 Å². The van der Waals surface area contributed by atoms with Gasteiger partial charge in [0.15, 0.2) is 17.0 Å². The van der Waals surface area contributed by atoms with Gasteiger partial charge in [0.05, 0.1) is 25.7 Å². The monoisotopic (exact) mass is 478 g/mol. The standard InChI is InChI=1S/C22H25F3N6O3/c1-2-33-10-9-31-14-28-19-20(31)27-11-16(29-19)21(32)30-8-4-5-15(12-30)13-34-17-6-3-7-26-18(17)22(23,24)25/h3,6-7,11,14-15H,2,4-5,8-10,12-13H2,1H3. The van der Waals surface area contributed by atoms with Gasteiger partial charge in [0.1, 0.15) is 11.4 Å². The van der Waals surface area contributed by atoms with Gasteiger partial charge in [-0.3, -0.25) is 4.79 Å². The van der Waals surface area contributed by atoms with Crippen molar-refractivity contribution in [3.05, 3.63) is 42.2 Å². The maximum atomic E-state index is 13.1. The first kappa shape index (κ1) is 23.9. The summed E-state index contributed by atoms with van der Waals surface area (Å²) in [6.45, 7) is 4.55. The van der Waals surface area contributed by atoms with E-state index < -0.39 is 11.9 Å². The van der Waals surface area contributed by atoms with Gasteiger partial charge in [-0.25, -0.2) is 19.9 Å². The normalized spacial score (nSPS) is 16.7. The highest BCUT2D eigenvalue weighted by Crippen LogP contribution is 2.34. The van der Waals surface area contributed by atoms with Crippen molar-refractivity contribution in [3.8, 4) is 5.75 Å². The van der Waals surface area contributed by atoms with Crippen LogP contribution >= 0.6 is 0 Å². The molecule has 1 saturated heterocycles. The predicted octanol–water partition coefficient (Wildman–Crippen LogP) is 3.21. The van der Waals surface area contributed by atoms with E-state index >= 15 is 0 Å². The molecule has 1 atom stereocenters. The molecule has 0 saturated carbocycles. The summed E-state index contributed by atoms with van der Waals surface area (Å²) in [5, 5.41) is 0. The predicted molar refractivity (Wildman–Crippen MR) is 115 cm³/mol. The van der Waals surface area contributed by atoms with Gasteiger partial charge in [0.25, 0.3) is 5.91 Å². The topological polar surface area (TPSA) is 95.3 Å². The SMILES string of the molecule is CCOCCn1cnc2nc(C(=O)N3CCCC(COc4cccnc4C(F)(F)F)C3)cnc21. The van der Waals surface area contributed by atoms with Crippen LogP contribution in [0.5, 0.6) is 5.75 Å². The van der Waals surface area contributed by atoms with Gasteiger partial charge < -0.3 is 18.9 Å².